The lowest BCUT2D eigenvalue weighted by atomic mass is 9.99. The van der Waals surface area contributed by atoms with Crippen LogP contribution in [0.5, 0.6) is 0 Å². The molecule has 2 atom stereocenters. The molecule has 116 valence electrons. The van der Waals surface area contributed by atoms with Gasteiger partial charge in [-0.1, -0.05) is 13.3 Å². The van der Waals surface area contributed by atoms with E-state index in [4.69, 9.17) is 0 Å². The summed E-state index contributed by atoms with van der Waals surface area (Å²) >= 11 is 0. The molecular formula is C16H31N3O. The Hall–Kier alpha value is -0.610. The van der Waals surface area contributed by atoms with Gasteiger partial charge in [0.15, 0.2) is 0 Å². The fraction of sp³-hybridized carbons (Fsp3) is 0.938. The summed E-state index contributed by atoms with van der Waals surface area (Å²) in [6.07, 6.45) is 7.31. The third-order valence-electron chi connectivity index (χ3n) is 4.75. The molecule has 0 aromatic carbocycles. The van der Waals surface area contributed by atoms with E-state index in [1.54, 1.807) is 0 Å². The smallest absolute Gasteiger partial charge is 0.239 e. The van der Waals surface area contributed by atoms with Crippen molar-refractivity contribution in [2.75, 3.05) is 32.7 Å². The molecule has 2 heterocycles. The maximum atomic E-state index is 12.6. The second kappa shape index (κ2) is 7.99. The second-order valence-corrected chi connectivity index (χ2v) is 6.30. The van der Waals surface area contributed by atoms with Crippen LogP contribution in [0.15, 0.2) is 0 Å². The first-order valence-corrected chi connectivity index (χ1v) is 8.49. The lowest BCUT2D eigenvalue weighted by Gasteiger charge is -2.40. The summed E-state index contributed by atoms with van der Waals surface area (Å²) in [5, 5.41) is 3.53. The quantitative estimate of drug-likeness (QED) is 0.755. The molecule has 4 heteroatoms. The summed E-state index contributed by atoms with van der Waals surface area (Å²) in [7, 11) is 0. The standard InChI is InChI=1S/C16H31N3O/c1-3-9-17-13-15-8-4-5-12-19(15)14(2)16(20)18-10-6-7-11-18/h14-15,17H,3-13H2,1-2H3. The fourth-order valence-corrected chi connectivity index (χ4v) is 3.54. The molecule has 0 radical (unpaired) electrons. The number of likely N-dealkylation sites (tertiary alicyclic amines) is 2. The molecule has 0 bridgehead atoms. The van der Waals surface area contributed by atoms with Crippen LogP contribution in [-0.2, 0) is 4.79 Å². The fourth-order valence-electron chi connectivity index (χ4n) is 3.54. The summed E-state index contributed by atoms with van der Waals surface area (Å²) < 4.78 is 0. The Balaban J connectivity index is 1.90. The summed E-state index contributed by atoms with van der Waals surface area (Å²) in [5.74, 6) is 0.352. The molecule has 1 N–H and O–H groups in total. The number of piperidine rings is 1. The average molecular weight is 281 g/mol. The van der Waals surface area contributed by atoms with Crippen molar-refractivity contribution < 1.29 is 4.79 Å². The van der Waals surface area contributed by atoms with Crippen LogP contribution >= 0.6 is 0 Å². The molecule has 20 heavy (non-hydrogen) atoms. The highest BCUT2D eigenvalue weighted by Crippen LogP contribution is 2.21. The molecular weight excluding hydrogens is 250 g/mol. The van der Waals surface area contributed by atoms with Crippen molar-refractivity contribution in [1.29, 1.82) is 0 Å². The Morgan fingerprint density at radius 1 is 1.20 bits per heavy atom. The van der Waals surface area contributed by atoms with Crippen LogP contribution < -0.4 is 5.32 Å². The van der Waals surface area contributed by atoms with Crippen LogP contribution in [-0.4, -0.2) is 60.5 Å². The molecule has 2 aliphatic rings. The van der Waals surface area contributed by atoms with E-state index < -0.39 is 0 Å². The van der Waals surface area contributed by atoms with Gasteiger partial charge in [0.1, 0.15) is 0 Å². The first kappa shape index (κ1) is 15.8. The molecule has 0 aliphatic carbocycles. The molecule has 0 spiro atoms. The van der Waals surface area contributed by atoms with Gasteiger partial charge < -0.3 is 10.2 Å². The van der Waals surface area contributed by atoms with E-state index in [-0.39, 0.29) is 6.04 Å². The van der Waals surface area contributed by atoms with E-state index >= 15 is 0 Å². The lowest BCUT2D eigenvalue weighted by Crippen LogP contribution is -2.54. The molecule has 0 saturated carbocycles. The van der Waals surface area contributed by atoms with Crippen molar-refractivity contribution in [2.45, 2.75) is 64.5 Å². The topological polar surface area (TPSA) is 35.6 Å². The highest BCUT2D eigenvalue weighted by atomic mass is 16.2. The van der Waals surface area contributed by atoms with Gasteiger partial charge in [-0.2, -0.15) is 0 Å². The maximum absolute atomic E-state index is 12.6. The zero-order chi connectivity index (χ0) is 14.4. The summed E-state index contributed by atoms with van der Waals surface area (Å²) in [6.45, 7) is 9.44. The van der Waals surface area contributed by atoms with Gasteiger partial charge >= 0.3 is 0 Å². The molecule has 2 fully saturated rings. The molecule has 2 rings (SSSR count). The highest BCUT2D eigenvalue weighted by molar-refractivity contribution is 5.81. The summed E-state index contributed by atoms with van der Waals surface area (Å²) in [4.78, 5) is 17.1. The molecule has 1 amide bonds. The van der Waals surface area contributed by atoms with Crippen LogP contribution in [0.2, 0.25) is 0 Å². The first-order chi connectivity index (χ1) is 9.74. The zero-order valence-corrected chi connectivity index (χ0v) is 13.2. The summed E-state index contributed by atoms with van der Waals surface area (Å²) in [5.41, 5.74) is 0. The third-order valence-corrected chi connectivity index (χ3v) is 4.75. The molecule has 0 aromatic heterocycles. The number of carbonyl (C=O) groups is 1. The van der Waals surface area contributed by atoms with Crippen LogP contribution in [0.3, 0.4) is 0 Å². The minimum atomic E-state index is 0.0572. The Morgan fingerprint density at radius 2 is 1.90 bits per heavy atom. The predicted molar refractivity (Wildman–Crippen MR) is 82.8 cm³/mol. The van der Waals surface area contributed by atoms with E-state index in [2.05, 4.69) is 29.0 Å². The summed E-state index contributed by atoms with van der Waals surface area (Å²) in [6, 6.07) is 0.596. The number of nitrogens with zero attached hydrogens (tertiary/aromatic N) is 2. The van der Waals surface area contributed by atoms with Gasteiger partial charge in [0, 0.05) is 25.7 Å². The largest absolute Gasteiger partial charge is 0.341 e. The third kappa shape index (κ3) is 3.95. The molecule has 2 saturated heterocycles. The van der Waals surface area contributed by atoms with E-state index in [0.29, 0.717) is 11.9 Å². The SMILES string of the molecule is CCCNCC1CCCCN1C(C)C(=O)N1CCCC1. The Kier molecular flexibility index (Phi) is 6.30. The van der Waals surface area contributed by atoms with E-state index in [1.807, 2.05) is 0 Å². The number of carbonyl (C=O) groups excluding carboxylic acids is 1. The van der Waals surface area contributed by atoms with Crippen molar-refractivity contribution in [1.82, 2.24) is 15.1 Å². The minimum Gasteiger partial charge on any atom is -0.341 e. The van der Waals surface area contributed by atoms with E-state index in [1.165, 1.54) is 38.5 Å². The monoisotopic (exact) mass is 281 g/mol. The molecule has 0 aromatic rings. The van der Waals surface area contributed by atoms with Crippen LogP contribution in [0.1, 0.15) is 52.4 Å². The number of hydrogen-bond acceptors (Lipinski definition) is 3. The van der Waals surface area contributed by atoms with Gasteiger partial charge in [-0.15, -0.1) is 0 Å². The van der Waals surface area contributed by atoms with Crippen molar-refractivity contribution in [3.63, 3.8) is 0 Å². The van der Waals surface area contributed by atoms with Crippen molar-refractivity contribution in [3.8, 4) is 0 Å². The van der Waals surface area contributed by atoms with Crippen LogP contribution in [0.25, 0.3) is 0 Å². The maximum Gasteiger partial charge on any atom is 0.239 e. The normalized spacial score (nSPS) is 25.9. The number of amides is 1. The number of nitrogens with one attached hydrogen (secondary N) is 1. The second-order valence-electron chi connectivity index (χ2n) is 6.30. The first-order valence-electron chi connectivity index (χ1n) is 8.49. The Morgan fingerprint density at radius 3 is 2.60 bits per heavy atom. The van der Waals surface area contributed by atoms with Gasteiger partial charge in [-0.25, -0.2) is 0 Å². The lowest BCUT2D eigenvalue weighted by molar-refractivity contribution is -0.136. The van der Waals surface area contributed by atoms with Gasteiger partial charge in [0.05, 0.1) is 6.04 Å². The van der Waals surface area contributed by atoms with Crippen LogP contribution in [0.4, 0.5) is 0 Å². The van der Waals surface area contributed by atoms with Gasteiger partial charge in [-0.3, -0.25) is 9.69 Å². The van der Waals surface area contributed by atoms with Crippen molar-refractivity contribution >= 4 is 5.91 Å². The Bertz CT molecular complexity index is 302. The van der Waals surface area contributed by atoms with Gasteiger partial charge in [0.2, 0.25) is 5.91 Å². The van der Waals surface area contributed by atoms with Crippen molar-refractivity contribution in [2.24, 2.45) is 0 Å². The van der Waals surface area contributed by atoms with Crippen LogP contribution in [0, 0.1) is 0 Å². The molecule has 4 nitrogen and oxygen atoms in total. The number of hydrogen-bond donors (Lipinski definition) is 1. The molecule has 2 aliphatic heterocycles. The molecule has 2 unspecified atom stereocenters. The zero-order valence-electron chi connectivity index (χ0n) is 13.2. The van der Waals surface area contributed by atoms with Gasteiger partial charge in [-0.05, 0) is 52.1 Å². The highest BCUT2D eigenvalue weighted by Gasteiger charge is 2.32. The van der Waals surface area contributed by atoms with Gasteiger partial charge in [0.25, 0.3) is 0 Å². The average Bonchev–Trinajstić information content (AvgIpc) is 3.01. The van der Waals surface area contributed by atoms with E-state index in [9.17, 15) is 4.79 Å². The predicted octanol–water partition coefficient (Wildman–Crippen LogP) is 1.85. The van der Waals surface area contributed by atoms with E-state index in [0.717, 1.165) is 32.7 Å². The number of rotatable bonds is 6. The minimum absolute atomic E-state index is 0.0572. The Labute approximate surface area is 123 Å². The van der Waals surface area contributed by atoms with Crippen molar-refractivity contribution in [3.05, 3.63) is 0 Å².